The van der Waals surface area contributed by atoms with Gasteiger partial charge in [-0.25, -0.2) is 0 Å². The van der Waals surface area contributed by atoms with E-state index in [-0.39, 0.29) is 0 Å². The highest BCUT2D eigenvalue weighted by Gasteiger charge is 2.11. The molecule has 2 aromatic rings. The summed E-state index contributed by atoms with van der Waals surface area (Å²) in [5.41, 5.74) is 3.39. The summed E-state index contributed by atoms with van der Waals surface area (Å²) in [7, 11) is 3.63. The molecule has 0 fully saturated rings. The summed E-state index contributed by atoms with van der Waals surface area (Å²) in [5, 5.41) is 7.94. The van der Waals surface area contributed by atoms with Crippen LogP contribution >= 0.6 is 15.9 Å². The van der Waals surface area contributed by atoms with Gasteiger partial charge in [-0.1, -0.05) is 29.8 Å². The quantitative estimate of drug-likeness (QED) is 0.898. The third-order valence-electron chi connectivity index (χ3n) is 3.07. The summed E-state index contributed by atoms with van der Waals surface area (Å²) < 4.78 is 8.13. The van der Waals surface area contributed by atoms with E-state index < -0.39 is 0 Å². The highest BCUT2D eigenvalue weighted by atomic mass is 79.9. The molecule has 0 aliphatic heterocycles. The van der Waals surface area contributed by atoms with Gasteiger partial charge in [0, 0.05) is 41.6 Å². The molecule has 0 radical (unpaired) electrons. The summed E-state index contributed by atoms with van der Waals surface area (Å²) in [6.07, 6.45) is 2.07. The van der Waals surface area contributed by atoms with Crippen LogP contribution in [0.2, 0.25) is 0 Å². The van der Waals surface area contributed by atoms with Crippen LogP contribution in [0, 0.1) is 0 Å². The standard InChI is InChI=1S/C15H20BrN3O/c1-10(2)15-11(9-19(3)18-15)8-17-13-5-12(16)6-14(7-13)20-4/h5-7,9-10,17H,8H2,1-4H3. The van der Waals surface area contributed by atoms with Crippen molar-refractivity contribution in [1.82, 2.24) is 9.78 Å². The van der Waals surface area contributed by atoms with Crippen molar-refractivity contribution in [2.45, 2.75) is 26.3 Å². The second-order valence-electron chi connectivity index (χ2n) is 5.10. The van der Waals surface area contributed by atoms with Crippen molar-refractivity contribution < 1.29 is 4.74 Å². The Hall–Kier alpha value is -1.49. The molecule has 0 unspecified atom stereocenters. The number of nitrogens with zero attached hydrogens (tertiary/aromatic N) is 2. The minimum Gasteiger partial charge on any atom is -0.497 e. The van der Waals surface area contributed by atoms with Crippen molar-refractivity contribution >= 4 is 21.6 Å². The van der Waals surface area contributed by atoms with Crippen molar-refractivity contribution in [2.75, 3.05) is 12.4 Å². The Bertz CT molecular complexity index is 593. The van der Waals surface area contributed by atoms with Crippen LogP contribution in [0.1, 0.15) is 31.0 Å². The van der Waals surface area contributed by atoms with Gasteiger partial charge in [-0.2, -0.15) is 5.10 Å². The lowest BCUT2D eigenvalue weighted by molar-refractivity contribution is 0.414. The van der Waals surface area contributed by atoms with E-state index in [0.29, 0.717) is 5.92 Å². The number of methoxy groups -OCH3 is 1. The Kier molecular flexibility index (Phi) is 4.70. The summed E-state index contributed by atoms with van der Waals surface area (Å²) in [6, 6.07) is 5.96. The third kappa shape index (κ3) is 3.54. The SMILES string of the molecule is COc1cc(Br)cc(NCc2cn(C)nc2C(C)C)c1. The molecule has 0 amide bonds. The largest absolute Gasteiger partial charge is 0.497 e. The smallest absolute Gasteiger partial charge is 0.122 e. The van der Waals surface area contributed by atoms with Crippen LogP contribution in [0.4, 0.5) is 5.69 Å². The molecule has 1 aromatic heterocycles. The summed E-state index contributed by atoms with van der Waals surface area (Å²) in [5.74, 6) is 1.25. The molecule has 0 aliphatic rings. The van der Waals surface area contributed by atoms with E-state index in [0.717, 1.165) is 28.1 Å². The zero-order valence-electron chi connectivity index (χ0n) is 12.3. The Balaban J connectivity index is 2.14. The number of hydrogen-bond acceptors (Lipinski definition) is 3. The normalized spacial score (nSPS) is 10.9. The van der Waals surface area contributed by atoms with Crippen molar-refractivity contribution in [3.8, 4) is 5.75 Å². The van der Waals surface area contributed by atoms with Gasteiger partial charge in [0.05, 0.1) is 12.8 Å². The first kappa shape index (κ1) is 14.9. The van der Waals surface area contributed by atoms with E-state index in [1.165, 1.54) is 5.56 Å². The molecule has 0 spiro atoms. The topological polar surface area (TPSA) is 39.1 Å². The van der Waals surface area contributed by atoms with Gasteiger partial charge in [-0.05, 0) is 18.1 Å². The van der Waals surface area contributed by atoms with E-state index >= 15 is 0 Å². The number of anilines is 1. The zero-order valence-corrected chi connectivity index (χ0v) is 13.9. The van der Waals surface area contributed by atoms with Crippen LogP contribution in [-0.4, -0.2) is 16.9 Å². The maximum Gasteiger partial charge on any atom is 0.122 e. The zero-order chi connectivity index (χ0) is 14.7. The molecule has 2 rings (SSSR count). The van der Waals surface area contributed by atoms with Crippen LogP contribution in [0.15, 0.2) is 28.9 Å². The van der Waals surface area contributed by atoms with Crippen LogP contribution in [0.25, 0.3) is 0 Å². The average Bonchev–Trinajstić information content (AvgIpc) is 2.77. The molecule has 108 valence electrons. The number of ether oxygens (including phenoxy) is 1. The molecule has 0 aliphatic carbocycles. The lowest BCUT2D eigenvalue weighted by Crippen LogP contribution is -2.03. The highest BCUT2D eigenvalue weighted by Crippen LogP contribution is 2.25. The fourth-order valence-electron chi connectivity index (χ4n) is 2.16. The number of aromatic nitrogens is 2. The van der Waals surface area contributed by atoms with Crippen LogP contribution in [0.3, 0.4) is 0 Å². The molecular weight excluding hydrogens is 318 g/mol. The summed E-state index contributed by atoms with van der Waals surface area (Å²) in [6.45, 7) is 5.07. The minimum atomic E-state index is 0.421. The second kappa shape index (κ2) is 6.31. The Morgan fingerprint density at radius 1 is 1.35 bits per heavy atom. The Morgan fingerprint density at radius 2 is 2.10 bits per heavy atom. The second-order valence-corrected chi connectivity index (χ2v) is 6.02. The molecular formula is C15H20BrN3O. The summed E-state index contributed by atoms with van der Waals surface area (Å²) in [4.78, 5) is 0. The molecule has 1 N–H and O–H groups in total. The molecule has 0 saturated heterocycles. The van der Waals surface area contributed by atoms with Crippen LogP contribution in [-0.2, 0) is 13.6 Å². The predicted octanol–water partition coefficient (Wildman–Crippen LogP) is 3.93. The molecule has 20 heavy (non-hydrogen) atoms. The summed E-state index contributed by atoms with van der Waals surface area (Å²) >= 11 is 3.49. The number of rotatable bonds is 5. The first-order valence-corrected chi connectivity index (χ1v) is 7.39. The molecule has 5 heteroatoms. The third-order valence-corrected chi connectivity index (χ3v) is 3.53. The molecule has 0 atom stereocenters. The fourth-order valence-corrected chi connectivity index (χ4v) is 2.63. The first-order valence-electron chi connectivity index (χ1n) is 6.60. The van der Waals surface area contributed by atoms with Gasteiger partial charge >= 0.3 is 0 Å². The molecule has 0 saturated carbocycles. The highest BCUT2D eigenvalue weighted by molar-refractivity contribution is 9.10. The van der Waals surface area contributed by atoms with E-state index in [4.69, 9.17) is 4.74 Å². The van der Waals surface area contributed by atoms with Gasteiger partial charge in [0.15, 0.2) is 0 Å². The van der Waals surface area contributed by atoms with Crippen molar-refractivity contribution in [2.24, 2.45) is 7.05 Å². The molecule has 4 nitrogen and oxygen atoms in total. The average molecular weight is 338 g/mol. The number of benzene rings is 1. The van der Waals surface area contributed by atoms with Gasteiger partial charge in [0.1, 0.15) is 5.75 Å². The predicted molar refractivity (Wildman–Crippen MR) is 85.3 cm³/mol. The molecule has 1 heterocycles. The van der Waals surface area contributed by atoms with Crippen molar-refractivity contribution in [3.63, 3.8) is 0 Å². The van der Waals surface area contributed by atoms with E-state index in [9.17, 15) is 0 Å². The molecule has 1 aromatic carbocycles. The molecule has 0 bridgehead atoms. The first-order chi connectivity index (χ1) is 9.49. The van der Waals surface area contributed by atoms with E-state index in [1.807, 2.05) is 29.9 Å². The lowest BCUT2D eigenvalue weighted by Gasteiger charge is -2.10. The van der Waals surface area contributed by atoms with Crippen molar-refractivity contribution in [1.29, 1.82) is 0 Å². The Labute approximate surface area is 128 Å². The van der Waals surface area contributed by atoms with Gasteiger partial charge in [0.2, 0.25) is 0 Å². The number of nitrogens with one attached hydrogen (secondary N) is 1. The van der Waals surface area contributed by atoms with E-state index in [1.54, 1.807) is 7.11 Å². The van der Waals surface area contributed by atoms with Gasteiger partial charge in [0.25, 0.3) is 0 Å². The van der Waals surface area contributed by atoms with Crippen LogP contribution < -0.4 is 10.1 Å². The lowest BCUT2D eigenvalue weighted by atomic mass is 10.1. The van der Waals surface area contributed by atoms with Gasteiger partial charge in [-0.3, -0.25) is 4.68 Å². The number of halogens is 1. The maximum atomic E-state index is 5.27. The van der Waals surface area contributed by atoms with Gasteiger partial charge in [-0.15, -0.1) is 0 Å². The van der Waals surface area contributed by atoms with Crippen molar-refractivity contribution in [3.05, 3.63) is 40.1 Å². The Morgan fingerprint density at radius 3 is 2.75 bits per heavy atom. The van der Waals surface area contributed by atoms with E-state index in [2.05, 4.69) is 46.4 Å². The number of aryl methyl sites for hydroxylation is 1. The number of hydrogen-bond donors (Lipinski definition) is 1. The minimum absolute atomic E-state index is 0.421. The van der Waals surface area contributed by atoms with Crippen LogP contribution in [0.5, 0.6) is 5.75 Å². The van der Waals surface area contributed by atoms with Gasteiger partial charge < -0.3 is 10.1 Å². The monoisotopic (exact) mass is 337 g/mol. The maximum absolute atomic E-state index is 5.27. The fraction of sp³-hybridized carbons (Fsp3) is 0.400.